The molecule has 0 spiro atoms. The molecular formula is C9H14O. The molecule has 0 amide bonds. The maximum Gasteiger partial charge on any atom is 0.205 e. The molecule has 0 N–H and O–H groups in total. The minimum atomic E-state index is 0.0659. The van der Waals surface area contributed by atoms with Crippen molar-refractivity contribution in [2.45, 2.75) is 33.6 Å². The summed E-state index contributed by atoms with van der Waals surface area (Å²) in [6.07, 6.45) is 1.56. The van der Waals surface area contributed by atoms with Crippen LogP contribution in [0.5, 0.6) is 0 Å². The third kappa shape index (κ3) is 5.37. The van der Waals surface area contributed by atoms with Gasteiger partial charge in [-0.1, -0.05) is 19.8 Å². The Hall–Kier alpha value is -0.770. The Balaban J connectivity index is 3.47. The van der Waals surface area contributed by atoms with Gasteiger partial charge in [0.2, 0.25) is 5.78 Å². The van der Waals surface area contributed by atoms with Gasteiger partial charge in [0, 0.05) is 6.42 Å². The van der Waals surface area contributed by atoms with Gasteiger partial charge in [0.05, 0.1) is 0 Å². The summed E-state index contributed by atoms with van der Waals surface area (Å²) in [6, 6.07) is 0. The number of carbonyl (C=O) groups is 1. The van der Waals surface area contributed by atoms with E-state index in [9.17, 15) is 4.79 Å². The van der Waals surface area contributed by atoms with E-state index >= 15 is 0 Å². The molecule has 0 unspecified atom stereocenters. The van der Waals surface area contributed by atoms with Crippen LogP contribution < -0.4 is 0 Å². The van der Waals surface area contributed by atoms with Crippen LogP contribution in [0.2, 0.25) is 0 Å². The van der Waals surface area contributed by atoms with Gasteiger partial charge < -0.3 is 0 Å². The van der Waals surface area contributed by atoms with E-state index in [2.05, 4.69) is 25.7 Å². The zero-order valence-electron chi connectivity index (χ0n) is 6.90. The molecule has 56 valence electrons. The summed E-state index contributed by atoms with van der Waals surface area (Å²) >= 11 is 0. The van der Waals surface area contributed by atoms with Gasteiger partial charge in [-0.15, -0.1) is 0 Å². The lowest BCUT2D eigenvalue weighted by molar-refractivity contribution is -0.114. The first-order chi connectivity index (χ1) is 4.66. The minimum Gasteiger partial charge on any atom is -0.285 e. The van der Waals surface area contributed by atoms with E-state index in [0.717, 1.165) is 6.42 Å². The fraction of sp³-hybridized carbons (Fsp3) is 0.667. The third-order valence-electron chi connectivity index (χ3n) is 1.21. The molecule has 1 heteroatoms. The van der Waals surface area contributed by atoms with E-state index in [4.69, 9.17) is 0 Å². The molecule has 0 aliphatic heterocycles. The number of Topliss-reactive ketones (excluding diaryl/α,β-unsaturated/α-hetero) is 1. The third-order valence-corrected chi connectivity index (χ3v) is 1.21. The van der Waals surface area contributed by atoms with Crippen LogP contribution in [0.4, 0.5) is 0 Å². The Labute approximate surface area is 62.8 Å². The van der Waals surface area contributed by atoms with Crippen molar-refractivity contribution in [3.63, 3.8) is 0 Å². The molecule has 0 fully saturated rings. The lowest BCUT2D eigenvalue weighted by Crippen LogP contribution is -1.96. The largest absolute Gasteiger partial charge is 0.285 e. The lowest BCUT2D eigenvalue weighted by atomic mass is 10.1. The number of ketones is 1. The van der Waals surface area contributed by atoms with Gasteiger partial charge in [0.1, 0.15) is 0 Å². The second-order valence-electron chi connectivity index (χ2n) is 2.73. The summed E-state index contributed by atoms with van der Waals surface area (Å²) in [5.74, 6) is 5.77. The highest BCUT2D eigenvalue weighted by Gasteiger charge is 1.98. The van der Waals surface area contributed by atoms with Gasteiger partial charge >= 0.3 is 0 Å². The molecule has 10 heavy (non-hydrogen) atoms. The van der Waals surface area contributed by atoms with Crippen molar-refractivity contribution >= 4 is 5.78 Å². The molecule has 0 atom stereocenters. The van der Waals surface area contributed by atoms with Crippen molar-refractivity contribution in [3.8, 4) is 11.8 Å². The average molecular weight is 138 g/mol. The van der Waals surface area contributed by atoms with E-state index in [-0.39, 0.29) is 5.78 Å². The first-order valence-corrected chi connectivity index (χ1v) is 3.62. The van der Waals surface area contributed by atoms with Crippen LogP contribution in [-0.4, -0.2) is 5.78 Å². The molecule has 0 aliphatic rings. The van der Waals surface area contributed by atoms with Gasteiger partial charge in [0.15, 0.2) is 0 Å². The van der Waals surface area contributed by atoms with Crippen LogP contribution in [-0.2, 0) is 4.79 Å². The molecule has 0 aromatic rings. The van der Waals surface area contributed by atoms with E-state index in [1.165, 1.54) is 0 Å². The average Bonchev–Trinajstić information content (AvgIpc) is 1.85. The van der Waals surface area contributed by atoms with Crippen molar-refractivity contribution in [1.82, 2.24) is 0 Å². The number of hydrogen-bond donors (Lipinski definition) is 0. The van der Waals surface area contributed by atoms with Crippen LogP contribution in [0.3, 0.4) is 0 Å². The van der Waals surface area contributed by atoms with Gasteiger partial charge in [-0.3, -0.25) is 4.79 Å². The van der Waals surface area contributed by atoms with E-state index in [1.54, 1.807) is 6.92 Å². The van der Waals surface area contributed by atoms with Gasteiger partial charge in [-0.05, 0) is 25.2 Å². The minimum absolute atomic E-state index is 0.0659. The van der Waals surface area contributed by atoms with Crippen molar-refractivity contribution in [1.29, 1.82) is 0 Å². The van der Waals surface area contributed by atoms with Crippen molar-refractivity contribution in [2.75, 3.05) is 0 Å². The zero-order valence-corrected chi connectivity index (χ0v) is 6.90. The lowest BCUT2D eigenvalue weighted by Gasteiger charge is -1.98. The predicted octanol–water partition coefficient (Wildman–Crippen LogP) is 2.02. The topological polar surface area (TPSA) is 17.1 Å². The Kier molecular flexibility index (Phi) is 4.66. The highest BCUT2D eigenvalue weighted by Crippen LogP contribution is 2.02. The SMILES string of the molecule is CC#CC(=O)CCC(C)C. The molecule has 0 rings (SSSR count). The second-order valence-corrected chi connectivity index (χ2v) is 2.73. The predicted molar refractivity (Wildman–Crippen MR) is 42.5 cm³/mol. The Morgan fingerprint density at radius 1 is 1.50 bits per heavy atom. The molecule has 0 radical (unpaired) electrons. The Morgan fingerprint density at radius 2 is 2.10 bits per heavy atom. The fourth-order valence-corrected chi connectivity index (χ4v) is 0.622. The molecule has 0 aliphatic carbocycles. The zero-order chi connectivity index (χ0) is 7.98. The van der Waals surface area contributed by atoms with E-state index in [1.807, 2.05) is 0 Å². The molecule has 0 heterocycles. The van der Waals surface area contributed by atoms with Gasteiger partial charge in [0.25, 0.3) is 0 Å². The van der Waals surface area contributed by atoms with Gasteiger partial charge in [-0.25, -0.2) is 0 Å². The van der Waals surface area contributed by atoms with Gasteiger partial charge in [-0.2, -0.15) is 0 Å². The monoisotopic (exact) mass is 138 g/mol. The molecule has 0 aromatic carbocycles. The van der Waals surface area contributed by atoms with Crippen LogP contribution in [0.15, 0.2) is 0 Å². The molecule has 0 saturated heterocycles. The summed E-state index contributed by atoms with van der Waals surface area (Å²) < 4.78 is 0. The summed E-state index contributed by atoms with van der Waals surface area (Å²) in [6.45, 7) is 5.90. The van der Waals surface area contributed by atoms with Crippen molar-refractivity contribution in [2.24, 2.45) is 5.92 Å². The first-order valence-electron chi connectivity index (χ1n) is 3.62. The quantitative estimate of drug-likeness (QED) is 0.430. The number of carbonyl (C=O) groups excluding carboxylic acids is 1. The smallest absolute Gasteiger partial charge is 0.205 e. The summed E-state index contributed by atoms with van der Waals surface area (Å²) in [5.41, 5.74) is 0. The molecule has 0 aromatic heterocycles. The van der Waals surface area contributed by atoms with Crippen LogP contribution >= 0.6 is 0 Å². The summed E-state index contributed by atoms with van der Waals surface area (Å²) in [7, 11) is 0. The molecule has 0 saturated carbocycles. The van der Waals surface area contributed by atoms with E-state index < -0.39 is 0 Å². The van der Waals surface area contributed by atoms with Crippen LogP contribution in [0, 0.1) is 17.8 Å². The Morgan fingerprint density at radius 3 is 2.50 bits per heavy atom. The Bertz CT molecular complexity index is 157. The fourth-order valence-electron chi connectivity index (χ4n) is 0.622. The molecule has 0 bridgehead atoms. The normalized spacial score (nSPS) is 8.80. The molecule has 1 nitrogen and oxygen atoms in total. The molecular weight excluding hydrogens is 124 g/mol. The van der Waals surface area contributed by atoms with Crippen molar-refractivity contribution < 1.29 is 4.79 Å². The number of rotatable bonds is 3. The van der Waals surface area contributed by atoms with Crippen LogP contribution in [0.1, 0.15) is 33.6 Å². The maximum absolute atomic E-state index is 10.8. The highest BCUT2D eigenvalue weighted by molar-refractivity contribution is 5.95. The number of hydrogen-bond acceptors (Lipinski definition) is 1. The highest BCUT2D eigenvalue weighted by atomic mass is 16.1. The summed E-state index contributed by atoms with van der Waals surface area (Å²) in [5, 5.41) is 0. The second kappa shape index (κ2) is 5.05. The van der Waals surface area contributed by atoms with Crippen molar-refractivity contribution in [3.05, 3.63) is 0 Å². The first kappa shape index (κ1) is 9.23. The standard InChI is InChI=1S/C9H14O/c1-4-5-9(10)7-6-8(2)3/h8H,6-7H2,1-3H3. The van der Waals surface area contributed by atoms with E-state index in [0.29, 0.717) is 12.3 Å². The summed E-state index contributed by atoms with van der Waals surface area (Å²) in [4.78, 5) is 10.8. The maximum atomic E-state index is 10.8. The van der Waals surface area contributed by atoms with Crippen LogP contribution in [0.25, 0.3) is 0 Å².